The van der Waals surface area contributed by atoms with Crippen LogP contribution in [-0.2, 0) is 9.53 Å². The van der Waals surface area contributed by atoms with Gasteiger partial charge in [-0.15, -0.1) is 0 Å². The van der Waals surface area contributed by atoms with Crippen LogP contribution >= 0.6 is 0 Å². The molecule has 0 spiro atoms. The highest BCUT2D eigenvalue weighted by molar-refractivity contribution is 5.69. The van der Waals surface area contributed by atoms with E-state index in [1.165, 1.54) is 51.4 Å². The second kappa shape index (κ2) is 17.8. The van der Waals surface area contributed by atoms with Gasteiger partial charge in [-0.25, -0.2) is 0 Å². The molecule has 0 fully saturated rings. The number of allylic oxidation sites excluding steroid dienone is 4. The van der Waals surface area contributed by atoms with Crippen molar-refractivity contribution < 1.29 is 9.53 Å². The number of unbranched alkanes of at least 4 members (excludes halogenated alkanes) is 8. The molecule has 162 valence electrons. The monoisotopic (exact) mass is 390 g/mol. The van der Waals surface area contributed by atoms with E-state index < -0.39 is 0 Å². The predicted molar refractivity (Wildman–Crippen MR) is 124 cm³/mol. The number of carbonyl (C=O) groups excluding carboxylic acids is 1. The minimum absolute atomic E-state index is 0.0826. The molecule has 2 nitrogen and oxygen atoms in total. The first-order valence-corrected chi connectivity index (χ1v) is 11.5. The lowest BCUT2D eigenvalue weighted by atomic mass is 9.89. The zero-order valence-electron chi connectivity index (χ0n) is 19.2. The third-order valence-corrected chi connectivity index (χ3v) is 4.55. The van der Waals surface area contributed by atoms with Crippen molar-refractivity contribution in [3.05, 3.63) is 36.5 Å². The predicted octanol–water partition coefficient (Wildman–Crippen LogP) is 8.34. The van der Waals surface area contributed by atoms with Gasteiger partial charge >= 0.3 is 5.97 Å². The Kier molecular flexibility index (Phi) is 16.9. The van der Waals surface area contributed by atoms with Crippen molar-refractivity contribution in [3.63, 3.8) is 0 Å². The van der Waals surface area contributed by atoms with E-state index in [9.17, 15) is 4.79 Å². The fraction of sp³-hybridized carbons (Fsp3) is 0.731. The average molecular weight is 391 g/mol. The number of ether oxygens (including phenoxy) is 1. The number of esters is 1. The molecule has 0 amide bonds. The molecule has 0 aromatic rings. The lowest BCUT2D eigenvalue weighted by Crippen LogP contribution is -2.12. The largest absolute Gasteiger partial charge is 0.461 e. The van der Waals surface area contributed by atoms with E-state index in [0.717, 1.165) is 31.3 Å². The van der Waals surface area contributed by atoms with Gasteiger partial charge in [-0.3, -0.25) is 4.79 Å². The Morgan fingerprint density at radius 2 is 1.43 bits per heavy atom. The summed E-state index contributed by atoms with van der Waals surface area (Å²) in [7, 11) is 0. The number of rotatable bonds is 17. The molecule has 0 unspecified atom stereocenters. The Morgan fingerprint density at radius 3 is 2.04 bits per heavy atom. The first-order valence-electron chi connectivity index (χ1n) is 11.5. The summed E-state index contributed by atoms with van der Waals surface area (Å²) in [6.07, 6.45) is 23.8. The van der Waals surface area contributed by atoms with Crippen molar-refractivity contribution in [3.8, 4) is 0 Å². The summed E-state index contributed by atoms with van der Waals surface area (Å²) in [5.41, 5.74) is 1.20. The summed E-state index contributed by atoms with van der Waals surface area (Å²) in [6, 6.07) is 0. The molecule has 0 saturated heterocycles. The van der Waals surface area contributed by atoms with Crippen molar-refractivity contribution >= 4 is 5.97 Å². The summed E-state index contributed by atoms with van der Waals surface area (Å²) in [4.78, 5) is 11.8. The van der Waals surface area contributed by atoms with Crippen LogP contribution in [0.5, 0.6) is 0 Å². The lowest BCUT2D eigenvalue weighted by Gasteiger charge is -2.19. The Balaban J connectivity index is 3.44. The topological polar surface area (TPSA) is 26.3 Å². The third-order valence-electron chi connectivity index (χ3n) is 4.55. The highest BCUT2D eigenvalue weighted by Gasteiger charge is 2.13. The average Bonchev–Trinajstić information content (AvgIpc) is 2.62. The van der Waals surface area contributed by atoms with Gasteiger partial charge in [-0.1, -0.05) is 90.7 Å². The van der Waals surface area contributed by atoms with Crippen molar-refractivity contribution in [1.82, 2.24) is 0 Å². The lowest BCUT2D eigenvalue weighted by molar-refractivity contribution is -0.142. The van der Waals surface area contributed by atoms with Crippen molar-refractivity contribution in [2.45, 2.75) is 111 Å². The van der Waals surface area contributed by atoms with Crippen LogP contribution in [0, 0.1) is 5.41 Å². The van der Waals surface area contributed by atoms with Crippen LogP contribution in [0.15, 0.2) is 36.5 Å². The second-order valence-corrected chi connectivity index (χ2v) is 9.13. The molecular weight excluding hydrogens is 344 g/mol. The van der Waals surface area contributed by atoms with E-state index in [0.29, 0.717) is 13.0 Å². The third kappa shape index (κ3) is 21.0. The zero-order chi connectivity index (χ0) is 21.1. The van der Waals surface area contributed by atoms with Gasteiger partial charge < -0.3 is 4.74 Å². The molecule has 2 heteroatoms. The summed E-state index contributed by atoms with van der Waals surface area (Å²) < 4.78 is 5.32. The number of carbonyl (C=O) groups is 1. The van der Waals surface area contributed by atoms with Crippen LogP contribution in [0.4, 0.5) is 0 Å². The SMILES string of the molecule is C=C(COC(=O)CCCCCCC/C=C\C/C=C\CCCCC)CC(C)(C)C. The van der Waals surface area contributed by atoms with Gasteiger partial charge in [-0.2, -0.15) is 0 Å². The molecule has 0 heterocycles. The first-order chi connectivity index (χ1) is 13.3. The standard InChI is InChI=1S/C26H46O2/c1-6-7-8-9-10-11-12-13-14-15-16-17-18-19-20-21-25(27)28-23-24(2)22-26(3,4)5/h10-11,13-14H,2,6-9,12,15-23H2,1,3-5H3/b11-10-,14-13-. The highest BCUT2D eigenvalue weighted by Crippen LogP contribution is 2.23. The number of hydrogen-bond acceptors (Lipinski definition) is 2. The quantitative estimate of drug-likeness (QED) is 0.142. The van der Waals surface area contributed by atoms with Crippen LogP contribution in [0.25, 0.3) is 0 Å². The molecule has 0 bridgehead atoms. The Labute approximate surface area is 175 Å². The van der Waals surface area contributed by atoms with Crippen LogP contribution in [-0.4, -0.2) is 12.6 Å². The molecule has 0 rings (SSSR count). The van der Waals surface area contributed by atoms with E-state index in [1.807, 2.05) is 0 Å². The fourth-order valence-corrected chi connectivity index (χ4v) is 3.14. The highest BCUT2D eigenvalue weighted by atomic mass is 16.5. The van der Waals surface area contributed by atoms with Gasteiger partial charge in [0.05, 0.1) is 0 Å². The normalized spacial score (nSPS) is 12.1. The van der Waals surface area contributed by atoms with E-state index in [4.69, 9.17) is 4.74 Å². The Hall–Kier alpha value is -1.31. The van der Waals surface area contributed by atoms with Gasteiger partial charge in [0, 0.05) is 6.42 Å². The molecule has 28 heavy (non-hydrogen) atoms. The summed E-state index contributed by atoms with van der Waals surface area (Å²) >= 11 is 0. The van der Waals surface area contributed by atoms with E-state index >= 15 is 0 Å². The number of hydrogen-bond donors (Lipinski definition) is 0. The van der Waals surface area contributed by atoms with Gasteiger partial charge in [-0.05, 0) is 55.9 Å². The minimum atomic E-state index is -0.0826. The Bertz CT molecular complexity index is 452. The van der Waals surface area contributed by atoms with Gasteiger partial charge in [0.15, 0.2) is 0 Å². The second-order valence-electron chi connectivity index (χ2n) is 9.13. The summed E-state index contributed by atoms with van der Waals surface area (Å²) in [5, 5.41) is 0. The molecule has 0 aliphatic carbocycles. The molecule has 0 aliphatic heterocycles. The van der Waals surface area contributed by atoms with Crippen molar-refractivity contribution in [2.24, 2.45) is 5.41 Å². The van der Waals surface area contributed by atoms with Crippen LogP contribution in [0.1, 0.15) is 111 Å². The fourth-order valence-electron chi connectivity index (χ4n) is 3.14. The molecular formula is C26H46O2. The van der Waals surface area contributed by atoms with Crippen LogP contribution < -0.4 is 0 Å². The molecule has 0 aliphatic rings. The minimum Gasteiger partial charge on any atom is -0.461 e. The smallest absolute Gasteiger partial charge is 0.306 e. The van der Waals surface area contributed by atoms with Crippen LogP contribution in [0.2, 0.25) is 0 Å². The van der Waals surface area contributed by atoms with E-state index in [-0.39, 0.29) is 11.4 Å². The van der Waals surface area contributed by atoms with Gasteiger partial charge in [0.25, 0.3) is 0 Å². The van der Waals surface area contributed by atoms with E-state index in [1.54, 1.807) is 0 Å². The summed E-state index contributed by atoms with van der Waals surface area (Å²) in [6.45, 7) is 13.1. The van der Waals surface area contributed by atoms with E-state index in [2.05, 4.69) is 58.6 Å². The maximum atomic E-state index is 11.8. The first kappa shape index (κ1) is 26.7. The molecule has 0 aromatic carbocycles. The van der Waals surface area contributed by atoms with Crippen molar-refractivity contribution in [2.75, 3.05) is 6.61 Å². The van der Waals surface area contributed by atoms with Crippen LogP contribution in [0.3, 0.4) is 0 Å². The maximum Gasteiger partial charge on any atom is 0.306 e. The molecule has 0 N–H and O–H groups in total. The van der Waals surface area contributed by atoms with Gasteiger partial charge in [0.1, 0.15) is 6.61 Å². The molecule has 0 saturated carbocycles. The summed E-state index contributed by atoms with van der Waals surface area (Å²) in [5.74, 6) is -0.0826. The van der Waals surface area contributed by atoms with Gasteiger partial charge in [0.2, 0.25) is 0 Å². The molecule has 0 atom stereocenters. The molecule has 0 aromatic heterocycles. The zero-order valence-corrected chi connectivity index (χ0v) is 19.2. The Morgan fingerprint density at radius 1 is 0.857 bits per heavy atom. The molecule has 0 radical (unpaired) electrons. The maximum absolute atomic E-state index is 11.8. The van der Waals surface area contributed by atoms with Crippen molar-refractivity contribution in [1.29, 1.82) is 0 Å².